The first kappa shape index (κ1) is 9.75. The molecule has 0 fully saturated rings. The van der Waals surface area contributed by atoms with Gasteiger partial charge in [-0.2, -0.15) is 0 Å². The molecular weight excluding hydrogens is 216 g/mol. The summed E-state index contributed by atoms with van der Waals surface area (Å²) in [6, 6.07) is 7.76. The normalized spacial score (nSPS) is 15.7. The highest BCUT2D eigenvalue weighted by Gasteiger charge is 2.19. The van der Waals surface area contributed by atoms with E-state index in [1.807, 2.05) is 38.1 Å². The second-order valence-electron chi connectivity index (χ2n) is 3.13. The van der Waals surface area contributed by atoms with Gasteiger partial charge in [0.25, 0.3) is 0 Å². The first-order valence-corrected chi connectivity index (χ1v) is 4.84. The third-order valence-electron chi connectivity index (χ3n) is 2.15. The van der Waals surface area contributed by atoms with Gasteiger partial charge in [0.15, 0.2) is 0 Å². The molecule has 0 saturated heterocycles. The van der Waals surface area contributed by atoms with Crippen LogP contribution in [0.3, 0.4) is 0 Å². The highest BCUT2D eigenvalue weighted by Crippen LogP contribution is 2.24. The van der Waals surface area contributed by atoms with Crippen LogP contribution in [0.5, 0.6) is 0 Å². The van der Waals surface area contributed by atoms with Crippen molar-refractivity contribution < 1.29 is 5.11 Å². The van der Waals surface area contributed by atoms with Crippen LogP contribution in [0.4, 0.5) is 0 Å². The fourth-order valence-corrected chi connectivity index (χ4v) is 1.28. The van der Waals surface area contributed by atoms with Crippen LogP contribution in [0.1, 0.15) is 25.8 Å². The Balaban J connectivity index is 2.96. The van der Waals surface area contributed by atoms with Gasteiger partial charge >= 0.3 is 0 Å². The summed E-state index contributed by atoms with van der Waals surface area (Å²) in [5.41, 5.74) is 0.272. The average Bonchev–Trinajstić information content (AvgIpc) is 2.05. The highest BCUT2D eigenvalue weighted by atomic mass is 79.9. The van der Waals surface area contributed by atoms with Gasteiger partial charge in [-0.05, 0) is 31.0 Å². The number of hydrogen-bond acceptors (Lipinski definition) is 1. The quantitative estimate of drug-likeness (QED) is 0.826. The smallest absolute Gasteiger partial charge is 0.0865 e. The summed E-state index contributed by atoms with van der Waals surface area (Å²) in [4.78, 5) is 0. The Bertz CT molecular complexity index is 251. The average molecular weight is 229 g/mol. The van der Waals surface area contributed by atoms with Gasteiger partial charge in [0.05, 0.1) is 5.60 Å². The van der Waals surface area contributed by atoms with Crippen LogP contribution in [-0.2, 0) is 5.60 Å². The molecular formula is C10H13BrO. The summed E-state index contributed by atoms with van der Waals surface area (Å²) in [5.74, 6) is 0. The Kier molecular flexibility index (Phi) is 2.91. The van der Waals surface area contributed by atoms with Crippen molar-refractivity contribution in [2.75, 3.05) is 0 Å². The number of aliphatic hydroxyl groups is 1. The van der Waals surface area contributed by atoms with E-state index in [2.05, 4.69) is 15.9 Å². The summed E-state index contributed by atoms with van der Waals surface area (Å²) in [6.45, 7) is 3.80. The minimum Gasteiger partial charge on any atom is -0.385 e. The summed E-state index contributed by atoms with van der Waals surface area (Å²) in [7, 11) is 0. The number of hydrogen-bond donors (Lipinski definition) is 1. The zero-order valence-electron chi connectivity index (χ0n) is 7.34. The molecule has 0 heterocycles. The zero-order chi connectivity index (χ0) is 9.19. The monoisotopic (exact) mass is 228 g/mol. The molecule has 1 nitrogen and oxygen atoms in total. The van der Waals surface area contributed by atoms with Crippen LogP contribution in [0.2, 0.25) is 0 Å². The maximum absolute atomic E-state index is 9.87. The van der Waals surface area contributed by atoms with E-state index in [-0.39, 0.29) is 0 Å². The molecule has 0 aromatic heterocycles. The molecule has 0 radical (unpaired) electrons. The molecule has 1 aromatic carbocycles. The van der Waals surface area contributed by atoms with Gasteiger partial charge in [-0.25, -0.2) is 0 Å². The molecule has 12 heavy (non-hydrogen) atoms. The molecule has 0 unspecified atom stereocenters. The van der Waals surface area contributed by atoms with Crippen molar-refractivity contribution in [3.63, 3.8) is 0 Å². The van der Waals surface area contributed by atoms with Crippen LogP contribution in [0.15, 0.2) is 28.7 Å². The van der Waals surface area contributed by atoms with Gasteiger partial charge in [-0.1, -0.05) is 35.0 Å². The van der Waals surface area contributed by atoms with Crippen molar-refractivity contribution in [2.45, 2.75) is 25.9 Å². The summed E-state index contributed by atoms with van der Waals surface area (Å²) >= 11 is 3.35. The molecule has 0 spiro atoms. The van der Waals surface area contributed by atoms with E-state index >= 15 is 0 Å². The largest absolute Gasteiger partial charge is 0.385 e. The molecule has 0 bridgehead atoms. The van der Waals surface area contributed by atoms with Crippen LogP contribution < -0.4 is 0 Å². The first-order chi connectivity index (χ1) is 5.56. The van der Waals surface area contributed by atoms with E-state index in [4.69, 9.17) is 0 Å². The predicted octanol–water partition coefficient (Wildman–Crippen LogP) is 3.07. The summed E-state index contributed by atoms with van der Waals surface area (Å²) in [5, 5.41) is 9.87. The number of halogens is 1. The van der Waals surface area contributed by atoms with E-state index < -0.39 is 5.60 Å². The lowest BCUT2D eigenvalue weighted by molar-refractivity contribution is 0.0531. The number of benzene rings is 1. The van der Waals surface area contributed by atoms with Gasteiger partial charge in [-0.15, -0.1) is 0 Å². The molecule has 1 N–H and O–H groups in total. The van der Waals surface area contributed by atoms with Crippen molar-refractivity contribution in [3.05, 3.63) is 34.3 Å². The van der Waals surface area contributed by atoms with E-state index in [0.29, 0.717) is 0 Å². The van der Waals surface area contributed by atoms with Gasteiger partial charge in [0, 0.05) is 4.47 Å². The van der Waals surface area contributed by atoms with Gasteiger partial charge < -0.3 is 5.11 Å². The van der Waals surface area contributed by atoms with Crippen molar-refractivity contribution in [1.29, 1.82) is 0 Å². The molecule has 0 aliphatic heterocycles. The van der Waals surface area contributed by atoms with Crippen molar-refractivity contribution >= 4 is 15.9 Å². The number of rotatable bonds is 2. The summed E-state index contributed by atoms with van der Waals surface area (Å²) < 4.78 is 1.04. The second-order valence-corrected chi connectivity index (χ2v) is 4.05. The van der Waals surface area contributed by atoms with Crippen LogP contribution in [0, 0.1) is 0 Å². The Labute approximate surface area is 81.6 Å². The standard InChI is InChI=1S/C10H13BrO/c1-3-10(2,12)8-4-6-9(11)7-5-8/h4-7,12H,3H2,1-2H3/t10-/m0/s1. The minimum absolute atomic E-state index is 0.694. The third-order valence-corrected chi connectivity index (χ3v) is 2.68. The van der Waals surface area contributed by atoms with Gasteiger partial charge in [0.1, 0.15) is 0 Å². The molecule has 0 amide bonds. The van der Waals surface area contributed by atoms with Crippen LogP contribution >= 0.6 is 15.9 Å². The molecule has 0 aliphatic carbocycles. The van der Waals surface area contributed by atoms with E-state index in [1.54, 1.807) is 0 Å². The maximum Gasteiger partial charge on any atom is 0.0865 e. The van der Waals surface area contributed by atoms with Crippen LogP contribution in [-0.4, -0.2) is 5.11 Å². The molecule has 2 heteroatoms. The van der Waals surface area contributed by atoms with Crippen molar-refractivity contribution in [2.24, 2.45) is 0 Å². The fraction of sp³-hybridized carbons (Fsp3) is 0.400. The van der Waals surface area contributed by atoms with Crippen LogP contribution in [0.25, 0.3) is 0 Å². The lowest BCUT2D eigenvalue weighted by atomic mass is 9.94. The summed E-state index contributed by atoms with van der Waals surface area (Å²) in [6.07, 6.45) is 0.731. The van der Waals surface area contributed by atoms with E-state index in [0.717, 1.165) is 16.5 Å². The maximum atomic E-state index is 9.87. The molecule has 66 valence electrons. The first-order valence-electron chi connectivity index (χ1n) is 4.04. The highest BCUT2D eigenvalue weighted by molar-refractivity contribution is 9.10. The molecule has 1 rings (SSSR count). The Morgan fingerprint density at radius 2 is 1.83 bits per heavy atom. The van der Waals surface area contributed by atoms with Crippen molar-refractivity contribution in [1.82, 2.24) is 0 Å². The zero-order valence-corrected chi connectivity index (χ0v) is 8.93. The Morgan fingerprint density at radius 3 is 2.25 bits per heavy atom. The lowest BCUT2D eigenvalue weighted by Crippen LogP contribution is -2.19. The van der Waals surface area contributed by atoms with E-state index in [1.165, 1.54) is 0 Å². The van der Waals surface area contributed by atoms with Crippen molar-refractivity contribution in [3.8, 4) is 0 Å². The second kappa shape index (κ2) is 3.58. The molecule has 0 saturated carbocycles. The van der Waals surface area contributed by atoms with E-state index in [9.17, 15) is 5.11 Å². The molecule has 1 aromatic rings. The van der Waals surface area contributed by atoms with Gasteiger partial charge in [0.2, 0.25) is 0 Å². The Hall–Kier alpha value is -0.340. The predicted molar refractivity (Wildman–Crippen MR) is 54.0 cm³/mol. The Morgan fingerprint density at radius 1 is 1.33 bits per heavy atom. The van der Waals surface area contributed by atoms with Gasteiger partial charge in [-0.3, -0.25) is 0 Å². The fourth-order valence-electron chi connectivity index (χ4n) is 1.01. The lowest BCUT2D eigenvalue weighted by Gasteiger charge is -2.21. The molecule has 1 atom stereocenters. The SMILES string of the molecule is CC[C@](C)(O)c1ccc(Br)cc1. The minimum atomic E-state index is -0.694. The molecule has 0 aliphatic rings. The topological polar surface area (TPSA) is 20.2 Å². The third kappa shape index (κ3) is 2.08.